The van der Waals surface area contributed by atoms with Gasteiger partial charge in [0.1, 0.15) is 0 Å². The Morgan fingerprint density at radius 1 is 1.12 bits per heavy atom. The maximum atomic E-state index is 12.5. The summed E-state index contributed by atoms with van der Waals surface area (Å²) < 4.78 is 0. The molecule has 5 heteroatoms. The van der Waals surface area contributed by atoms with Crippen LogP contribution in [0.25, 0.3) is 32.7 Å². The first-order chi connectivity index (χ1) is 11.8. The third-order valence-electron chi connectivity index (χ3n) is 5.11. The fourth-order valence-electron chi connectivity index (χ4n) is 3.83. The summed E-state index contributed by atoms with van der Waals surface area (Å²) in [7, 11) is 0. The van der Waals surface area contributed by atoms with Gasteiger partial charge in [0, 0.05) is 34.0 Å². The molecule has 0 atom stereocenters. The first kappa shape index (κ1) is 13.6. The fourth-order valence-corrected chi connectivity index (χ4v) is 3.83. The Morgan fingerprint density at radius 3 is 2.88 bits per heavy atom. The second kappa shape index (κ2) is 5.09. The number of carbonyl (C=O) groups excluding carboxylic acids is 1. The van der Waals surface area contributed by atoms with E-state index in [-0.39, 0.29) is 5.91 Å². The van der Waals surface area contributed by atoms with Crippen LogP contribution in [-0.2, 0) is 0 Å². The molecule has 1 aliphatic rings. The van der Waals surface area contributed by atoms with Crippen molar-refractivity contribution in [3.63, 3.8) is 0 Å². The van der Waals surface area contributed by atoms with Crippen molar-refractivity contribution in [1.82, 2.24) is 20.5 Å². The molecule has 3 N–H and O–H groups in total. The van der Waals surface area contributed by atoms with Crippen molar-refractivity contribution in [3.8, 4) is 0 Å². The lowest BCUT2D eigenvalue weighted by atomic mass is 10.1. The Balaban J connectivity index is 1.61. The first-order valence-electron chi connectivity index (χ1n) is 8.48. The Labute approximate surface area is 138 Å². The van der Waals surface area contributed by atoms with E-state index in [1.165, 1.54) is 12.8 Å². The highest BCUT2D eigenvalue weighted by Gasteiger charge is 2.19. The average molecular weight is 318 g/mol. The van der Waals surface area contributed by atoms with Gasteiger partial charge in [-0.15, -0.1) is 0 Å². The van der Waals surface area contributed by atoms with Gasteiger partial charge in [0.25, 0.3) is 5.91 Å². The number of nitrogens with one attached hydrogen (secondary N) is 3. The van der Waals surface area contributed by atoms with Gasteiger partial charge in [0.2, 0.25) is 0 Å². The molecule has 4 aromatic rings. The highest BCUT2D eigenvalue weighted by molar-refractivity contribution is 6.16. The topological polar surface area (TPSA) is 73.6 Å². The third-order valence-corrected chi connectivity index (χ3v) is 5.11. The van der Waals surface area contributed by atoms with Crippen molar-refractivity contribution < 1.29 is 4.79 Å². The quantitative estimate of drug-likeness (QED) is 0.525. The number of benzene rings is 2. The van der Waals surface area contributed by atoms with Gasteiger partial charge in [0.15, 0.2) is 0 Å². The van der Waals surface area contributed by atoms with Crippen molar-refractivity contribution in [1.29, 1.82) is 0 Å². The van der Waals surface area contributed by atoms with E-state index < -0.39 is 0 Å². The van der Waals surface area contributed by atoms with Crippen LogP contribution in [0, 0.1) is 0 Å². The Bertz CT molecular complexity index is 1070. The Morgan fingerprint density at radius 2 is 2.00 bits per heavy atom. The minimum absolute atomic E-state index is 0.0208. The molecule has 0 bridgehead atoms. The van der Waals surface area contributed by atoms with Crippen LogP contribution in [0.15, 0.2) is 36.5 Å². The third kappa shape index (κ3) is 2.01. The molecule has 5 rings (SSSR count). The Hall–Kier alpha value is -2.82. The molecule has 0 saturated heterocycles. The summed E-state index contributed by atoms with van der Waals surface area (Å²) in [6, 6.07) is 10.3. The van der Waals surface area contributed by atoms with Gasteiger partial charge >= 0.3 is 0 Å². The maximum absolute atomic E-state index is 12.5. The largest absolute Gasteiger partial charge is 0.349 e. The van der Waals surface area contributed by atoms with Crippen LogP contribution in [0.5, 0.6) is 0 Å². The zero-order valence-electron chi connectivity index (χ0n) is 13.2. The molecule has 2 heterocycles. The van der Waals surface area contributed by atoms with E-state index in [4.69, 9.17) is 4.98 Å². The monoisotopic (exact) mass is 318 g/mol. The number of H-pyrrole nitrogens is 2. The standard InChI is InChI=1S/C19H18N4O/c24-19(21-13-3-1-2-4-13)11-6-8-16-15(9-11)14-7-5-12-10-20-23-17(12)18(14)22-16/h5-10,13,20,23H,1-4H2,(H,21,24). The summed E-state index contributed by atoms with van der Waals surface area (Å²) in [6.07, 6.45) is 6.54. The van der Waals surface area contributed by atoms with Gasteiger partial charge in [-0.3, -0.25) is 9.89 Å². The molecule has 1 saturated carbocycles. The number of fused-ring (bicyclic) bond motifs is 5. The van der Waals surface area contributed by atoms with Crippen LogP contribution in [0.3, 0.4) is 0 Å². The van der Waals surface area contributed by atoms with E-state index >= 15 is 0 Å². The number of nitrogens with zero attached hydrogens (tertiary/aromatic N) is 1. The van der Waals surface area contributed by atoms with Crippen molar-refractivity contribution in [2.24, 2.45) is 0 Å². The zero-order valence-corrected chi connectivity index (χ0v) is 13.2. The molecule has 5 nitrogen and oxygen atoms in total. The van der Waals surface area contributed by atoms with Crippen molar-refractivity contribution >= 4 is 38.6 Å². The molecule has 0 radical (unpaired) electrons. The Kier molecular flexibility index (Phi) is 2.89. The molecule has 120 valence electrons. The summed E-state index contributed by atoms with van der Waals surface area (Å²) in [4.78, 5) is 17.3. The highest BCUT2D eigenvalue weighted by Crippen LogP contribution is 2.30. The molecular formula is C19H18N4O. The van der Waals surface area contributed by atoms with Gasteiger partial charge in [-0.1, -0.05) is 25.0 Å². The number of aromatic amines is 2. The van der Waals surface area contributed by atoms with Crippen molar-refractivity contribution in [3.05, 3.63) is 42.1 Å². The first-order valence-corrected chi connectivity index (χ1v) is 8.48. The van der Waals surface area contributed by atoms with E-state index in [2.05, 4.69) is 27.6 Å². The number of carbonyl (C=O) groups is 1. The molecular weight excluding hydrogens is 300 g/mol. The summed E-state index contributed by atoms with van der Waals surface area (Å²) >= 11 is 0. The predicted molar refractivity (Wildman–Crippen MR) is 95.2 cm³/mol. The van der Waals surface area contributed by atoms with Gasteiger partial charge in [0.05, 0.1) is 16.6 Å². The van der Waals surface area contributed by atoms with Crippen LogP contribution >= 0.6 is 0 Å². The summed E-state index contributed by atoms with van der Waals surface area (Å²) in [5.74, 6) is 0.0208. The van der Waals surface area contributed by atoms with Crippen LogP contribution in [0.1, 0.15) is 36.0 Å². The maximum Gasteiger partial charge on any atom is 0.251 e. The van der Waals surface area contributed by atoms with Crippen LogP contribution < -0.4 is 5.32 Å². The van der Waals surface area contributed by atoms with Crippen molar-refractivity contribution in [2.45, 2.75) is 31.7 Å². The van der Waals surface area contributed by atoms with E-state index in [1.807, 2.05) is 24.4 Å². The number of hydrogen-bond acceptors (Lipinski definition) is 2. The molecule has 1 amide bonds. The zero-order chi connectivity index (χ0) is 16.1. The lowest BCUT2D eigenvalue weighted by molar-refractivity contribution is 0.0938. The molecule has 2 aromatic carbocycles. The molecule has 24 heavy (non-hydrogen) atoms. The van der Waals surface area contributed by atoms with E-state index in [0.717, 1.165) is 45.6 Å². The number of rotatable bonds is 2. The van der Waals surface area contributed by atoms with Crippen molar-refractivity contribution in [2.75, 3.05) is 0 Å². The minimum Gasteiger partial charge on any atom is -0.349 e. The van der Waals surface area contributed by atoms with E-state index in [0.29, 0.717) is 11.6 Å². The van der Waals surface area contributed by atoms with Gasteiger partial charge < -0.3 is 10.4 Å². The van der Waals surface area contributed by atoms with E-state index in [1.54, 1.807) is 0 Å². The summed E-state index contributed by atoms with van der Waals surface area (Å²) in [5.41, 5.74) is 3.57. The van der Waals surface area contributed by atoms with Gasteiger partial charge in [-0.2, -0.15) is 0 Å². The smallest absolute Gasteiger partial charge is 0.251 e. The number of amides is 1. The molecule has 1 aliphatic carbocycles. The minimum atomic E-state index is 0.0208. The number of hydrogen-bond donors (Lipinski definition) is 3. The lowest BCUT2D eigenvalue weighted by Gasteiger charge is -2.11. The van der Waals surface area contributed by atoms with E-state index in [9.17, 15) is 4.79 Å². The average Bonchev–Trinajstić information content (AvgIpc) is 3.32. The molecule has 0 unspecified atom stereocenters. The van der Waals surface area contributed by atoms with Gasteiger partial charge in [-0.25, -0.2) is 4.98 Å². The fraction of sp³-hybridized carbons (Fsp3) is 0.263. The lowest BCUT2D eigenvalue weighted by Crippen LogP contribution is -2.32. The van der Waals surface area contributed by atoms with Crippen LogP contribution in [0.2, 0.25) is 0 Å². The second-order valence-corrected chi connectivity index (χ2v) is 6.64. The molecule has 0 spiro atoms. The highest BCUT2D eigenvalue weighted by atomic mass is 16.1. The van der Waals surface area contributed by atoms with Gasteiger partial charge in [-0.05, 0) is 31.0 Å². The molecule has 0 aliphatic heterocycles. The molecule has 1 fully saturated rings. The predicted octanol–water partition coefficient (Wildman–Crippen LogP) is 3.87. The molecule has 2 aromatic heterocycles. The second-order valence-electron chi connectivity index (χ2n) is 6.64. The normalized spacial score (nSPS) is 15.7. The number of aromatic nitrogens is 3. The summed E-state index contributed by atoms with van der Waals surface area (Å²) in [5, 5.41) is 12.5. The summed E-state index contributed by atoms with van der Waals surface area (Å²) in [6.45, 7) is 0. The van der Waals surface area contributed by atoms with Crippen LogP contribution in [0.4, 0.5) is 0 Å². The van der Waals surface area contributed by atoms with Crippen LogP contribution in [-0.4, -0.2) is 27.1 Å². The SMILES string of the molecule is O=C(NC1CCCC1)c1ccc2nc3c(ccc4c[nH][nH]c43)c2c1.